The van der Waals surface area contributed by atoms with Crippen molar-refractivity contribution in [1.82, 2.24) is 0 Å². The molecule has 6 heteroatoms. The summed E-state index contributed by atoms with van der Waals surface area (Å²) < 4.78 is 11.2. The predicted octanol–water partition coefficient (Wildman–Crippen LogP) is 1.38. The van der Waals surface area contributed by atoms with Crippen LogP contribution in [0.5, 0.6) is 0 Å². The average molecular weight is 366 g/mol. The molecule has 0 bridgehead atoms. The molecule has 6 nitrogen and oxygen atoms in total. The Balaban J connectivity index is 1.69. The zero-order chi connectivity index (χ0) is 18.7. The van der Waals surface area contributed by atoms with Crippen molar-refractivity contribution in [3.63, 3.8) is 0 Å². The first-order valence-corrected chi connectivity index (χ1v) is 9.79. The number of aliphatic hydroxyl groups excluding tert-OH is 3. The lowest BCUT2D eigenvalue weighted by molar-refractivity contribution is -0.188. The molecule has 0 amide bonds. The SMILES string of the molecule is CC(=O)O[C@H]1CCC2C3C(CC[C@@]21CO)[C@@]1(C)CO[C@H](O)CC1=C[C@@H]3O. The van der Waals surface area contributed by atoms with Crippen molar-refractivity contribution < 1.29 is 29.6 Å². The van der Waals surface area contributed by atoms with E-state index in [2.05, 4.69) is 6.92 Å². The summed E-state index contributed by atoms with van der Waals surface area (Å²) in [5.74, 6) is 0.0699. The number of fused-ring (bicyclic) bond motifs is 5. The maximum Gasteiger partial charge on any atom is 0.302 e. The topological polar surface area (TPSA) is 96.2 Å². The van der Waals surface area contributed by atoms with Crippen molar-refractivity contribution in [3.05, 3.63) is 11.6 Å². The van der Waals surface area contributed by atoms with E-state index < -0.39 is 17.8 Å². The summed E-state index contributed by atoms with van der Waals surface area (Å²) in [6, 6.07) is 0. The first-order chi connectivity index (χ1) is 12.3. The van der Waals surface area contributed by atoms with E-state index in [9.17, 15) is 20.1 Å². The van der Waals surface area contributed by atoms with Gasteiger partial charge in [-0.05, 0) is 43.4 Å². The van der Waals surface area contributed by atoms with Crippen LogP contribution in [0.4, 0.5) is 0 Å². The maximum atomic E-state index is 11.5. The van der Waals surface area contributed by atoms with Crippen LogP contribution in [0.2, 0.25) is 0 Å². The summed E-state index contributed by atoms with van der Waals surface area (Å²) in [7, 11) is 0. The number of rotatable bonds is 2. The Morgan fingerprint density at radius 3 is 2.77 bits per heavy atom. The standard InChI is InChI=1S/C20H30O6/c1-11(22)26-16-4-3-14-18-13(5-6-20(14,16)9-21)19(2)10-25-17(24)8-12(19)7-15(18)23/h7,13-18,21,23-24H,3-6,8-10H2,1-2H3/t13?,14?,15-,16-,17-,18?,19-,20+/m0/s1. The van der Waals surface area contributed by atoms with Gasteiger partial charge in [0.25, 0.3) is 0 Å². The third kappa shape index (κ3) is 2.49. The molecule has 0 spiro atoms. The third-order valence-corrected chi connectivity index (χ3v) is 7.86. The number of esters is 1. The fourth-order valence-electron chi connectivity index (χ4n) is 6.62. The molecule has 8 atom stereocenters. The minimum Gasteiger partial charge on any atom is -0.462 e. The quantitative estimate of drug-likeness (QED) is 0.505. The number of hydrogen-bond acceptors (Lipinski definition) is 6. The highest BCUT2D eigenvalue weighted by Crippen LogP contribution is 2.64. The minimum atomic E-state index is -0.793. The molecule has 0 aromatic rings. The second-order valence-electron chi connectivity index (χ2n) is 8.97. The Bertz CT molecular complexity index is 617. The summed E-state index contributed by atoms with van der Waals surface area (Å²) in [4.78, 5) is 11.5. The molecule has 146 valence electrons. The Hall–Kier alpha value is -0.950. The van der Waals surface area contributed by atoms with Crippen molar-refractivity contribution in [2.75, 3.05) is 13.2 Å². The van der Waals surface area contributed by atoms with Crippen LogP contribution in [0.15, 0.2) is 11.6 Å². The number of hydrogen-bond donors (Lipinski definition) is 3. The van der Waals surface area contributed by atoms with Gasteiger partial charge >= 0.3 is 5.97 Å². The van der Waals surface area contributed by atoms with Crippen LogP contribution in [0, 0.1) is 28.6 Å². The number of carbonyl (C=O) groups excluding carboxylic acids is 1. The number of carbonyl (C=O) groups is 1. The molecule has 1 aliphatic heterocycles. The smallest absolute Gasteiger partial charge is 0.302 e. The van der Waals surface area contributed by atoms with Gasteiger partial charge in [-0.1, -0.05) is 18.6 Å². The van der Waals surface area contributed by atoms with E-state index in [-0.39, 0.29) is 41.8 Å². The highest BCUT2D eigenvalue weighted by molar-refractivity contribution is 5.66. The van der Waals surface area contributed by atoms with Crippen LogP contribution in [-0.2, 0) is 14.3 Å². The molecule has 3 aliphatic carbocycles. The van der Waals surface area contributed by atoms with Gasteiger partial charge in [0, 0.05) is 24.2 Å². The van der Waals surface area contributed by atoms with E-state index in [0.717, 1.165) is 31.3 Å². The molecule has 3 unspecified atom stereocenters. The van der Waals surface area contributed by atoms with Gasteiger partial charge in [0.15, 0.2) is 6.29 Å². The average Bonchev–Trinajstić information content (AvgIpc) is 2.95. The van der Waals surface area contributed by atoms with Gasteiger partial charge in [-0.15, -0.1) is 0 Å². The fourth-order valence-corrected chi connectivity index (χ4v) is 6.62. The first kappa shape index (κ1) is 18.4. The van der Waals surface area contributed by atoms with Gasteiger partial charge in [-0.2, -0.15) is 0 Å². The van der Waals surface area contributed by atoms with Crippen LogP contribution in [0.1, 0.15) is 46.0 Å². The zero-order valence-electron chi connectivity index (χ0n) is 15.6. The Kier molecular flexibility index (Phi) is 4.46. The Morgan fingerprint density at radius 1 is 1.31 bits per heavy atom. The maximum absolute atomic E-state index is 11.5. The van der Waals surface area contributed by atoms with E-state index in [1.807, 2.05) is 6.08 Å². The monoisotopic (exact) mass is 366 g/mol. The van der Waals surface area contributed by atoms with E-state index in [0.29, 0.717) is 13.0 Å². The molecule has 1 heterocycles. The molecule has 4 rings (SSSR count). The van der Waals surface area contributed by atoms with Crippen molar-refractivity contribution in [1.29, 1.82) is 0 Å². The summed E-state index contributed by atoms with van der Waals surface area (Å²) in [5, 5.41) is 31.1. The van der Waals surface area contributed by atoms with Gasteiger partial charge in [0.05, 0.1) is 19.3 Å². The van der Waals surface area contributed by atoms with Crippen LogP contribution in [0.3, 0.4) is 0 Å². The van der Waals surface area contributed by atoms with E-state index in [4.69, 9.17) is 9.47 Å². The lowest BCUT2D eigenvalue weighted by Gasteiger charge is -2.58. The molecule has 2 saturated carbocycles. The second kappa shape index (κ2) is 6.30. The summed E-state index contributed by atoms with van der Waals surface area (Å²) in [5.41, 5.74) is 0.450. The third-order valence-electron chi connectivity index (χ3n) is 7.86. The van der Waals surface area contributed by atoms with Crippen molar-refractivity contribution in [2.45, 2.75) is 64.4 Å². The lowest BCUT2D eigenvalue weighted by atomic mass is 9.49. The van der Waals surface area contributed by atoms with Gasteiger partial charge in [0.2, 0.25) is 0 Å². The van der Waals surface area contributed by atoms with Gasteiger partial charge in [0.1, 0.15) is 6.10 Å². The highest BCUT2D eigenvalue weighted by atomic mass is 16.6. The molecule has 0 radical (unpaired) electrons. The van der Waals surface area contributed by atoms with Crippen LogP contribution in [-0.4, -0.2) is 53.0 Å². The molecule has 3 N–H and O–H groups in total. The van der Waals surface area contributed by atoms with Crippen molar-refractivity contribution >= 4 is 5.97 Å². The molecular weight excluding hydrogens is 336 g/mol. The largest absolute Gasteiger partial charge is 0.462 e. The van der Waals surface area contributed by atoms with Crippen molar-refractivity contribution in [3.8, 4) is 0 Å². The van der Waals surface area contributed by atoms with E-state index in [1.165, 1.54) is 6.92 Å². The number of aliphatic hydroxyl groups is 3. The minimum absolute atomic E-state index is 0.0176. The van der Waals surface area contributed by atoms with Gasteiger partial charge in [-0.3, -0.25) is 4.79 Å². The van der Waals surface area contributed by atoms with Crippen LogP contribution < -0.4 is 0 Å². The molecule has 1 saturated heterocycles. The second-order valence-corrected chi connectivity index (χ2v) is 8.97. The molecule has 4 aliphatic rings. The van der Waals surface area contributed by atoms with Gasteiger partial charge in [-0.25, -0.2) is 0 Å². The van der Waals surface area contributed by atoms with Crippen LogP contribution >= 0.6 is 0 Å². The van der Waals surface area contributed by atoms with E-state index >= 15 is 0 Å². The highest BCUT2D eigenvalue weighted by Gasteiger charge is 2.63. The summed E-state index contributed by atoms with van der Waals surface area (Å²) in [6.07, 6.45) is 3.92. The lowest BCUT2D eigenvalue weighted by Crippen LogP contribution is -2.58. The molecular formula is C20H30O6. The van der Waals surface area contributed by atoms with E-state index in [1.54, 1.807) is 0 Å². The normalized spacial score (nSPS) is 50.3. The molecule has 0 aromatic carbocycles. The molecule has 3 fully saturated rings. The molecule has 26 heavy (non-hydrogen) atoms. The number of ether oxygens (including phenoxy) is 2. The fraction of sp³-hybridized carbons (Fsp3) is 0.850. The first-order valence-electron chi connectivity index (χ1n) is 9.79. The molecule has 0 aromatic heterocycles. The summed E-state index contributed by atoms with van der Waals surface area (Å²) >= 11 is 0. The van der Waals surface area contributed by atoms with Gasteiger partial charge < -0.3 is 24.8 Å². The predicted molar refractivity (Wildman–Crippen MR) is 92.8 cm³/mol. The Labute approximate surface area is 154 Å². The zero-order valence-corrected chi connectivity index (χ0v) is 15.6. The Morgan fingerprint density at radius 2 is 2.08 bits per heavy atom. The van der Waals surface area contributed by atoms with Crippen molar-refractivity contribution in [2.24, 2.45) is 28.6 Å². The van der Waals surface area contributed by atoms with Crippen LogP contribution in [0.25, 0.3) is 0 Å². The summed E-state index contributed by atoms with van der Waals surface area (Å²) in [6.45, 7) is 4.03.